The van der Waals surface area contributed by atoms with Crippen molar-refractivity contribution < 1.29 is 22.0 Å². The summed E-state index contributed by atoms with van der Waals surface area (Å²) >= 11 is 0. The number of hydrogen-bond acceptors (Lipinski definition) is 4. The summed E-state index contributed by atoms with van der Waals surface area (Å²) in [7, 11) is -4.41. The lowest BCUT2D eigenvalue weighted by molar-refractivity contribution is -0.118. The number of hydrogen-bond donors (Lipinski definition) is 2. The highest BCUT2D eigenvalue weighted by Crippen LogP contribution is 2.24. The van der Waals surface area contributed by atoms with E-state index in [0.29, 0.717) is 18.9 Å². The molecule has 6 nitrogen and oxygen atoms in total. The van der Waals surface area contributed by atoms with E-state index in [9.17, 15) is 22.0 Å². The van der Waals surface area contributed by atoms with Gasteiger partial charge in [0.05, 0.1) is 6.54 Å². The van der Waals surface area contributed by atoms with E-state index in [-0.39, 0.29) is 12.2 Å². The van der Waals surface area contributed by atoms with E-state index in [1.54, 1.807) is 0 Å². The van der Waals surface area contributed by atoms with Crippen molar-refractivity contribution in [1.82, 2.24) is 4.31 Å². The SMILES string of the molecule is CCCCN(CC(N)=O)S(=O)(=O)c1cc(N)cc(F)c1F. The van der Waals surface area contributed by atoms with Gasteiger partial charge >= 0.3 is 0 Å². The van der Waals surface area contributed by atoms with E-state index in [1.165, 1.54) is 0 Å². The molecule has 118 valence electrons. The summed E-state index contributed by atoms with van der Waals surface area (Å²) in [4.78, 5) is 10.1. The van der Waals surface area contributed by atoms with E-state index < -0.39 is 39.0 Å². The maximum Gasteiger partial charge on any atom is 0.246 e. The monoisotopic (exact) mass is 321 g/mol. The molecule has 0 unspecified atom stereocenters. The van der Waals surface area contributed by atoms with Crippen molar-refractivity contribution in [2.45, 2.75) is 24.7 Å². The normalized spacial score (nSPS) is 11.8. The number of anilines is 1. The molecule has 1 rings (SSSR count). The molecule has 0 saturated heterocycles. The third-order valence-corrected chi connectivity index (χ3v) is 4.57. The van der Waals surface area contributed by atoms with Gasteiger partial charge in [-0.2, -0.15) is 4.31 Å². The lowest BCUT2D eigenvalue weighted by Gasteiger charge is -2.21. The van der Waals surface area contributed by atoms with Crippen LogP contribution >= 0.6 is 0 Å². The Bertz CT molecular complexity index is 635. The summed E-state index contributed by atoms with van der Waals surface area (Å²) in [5.74, 6) is -3.79. The van der Waals surface area contributed by atoms with E-state index in [0.717, 1.165) is 10.4 Å². The number of carbonyl (C=O) groups is 1. The molecule has 0 bridgehead atoms. The molecular weight excluding hydrogens is 304 g/mol. The van der Waals surface area contributed by atoms with E-state index in [1.807, 2.05) is 6.92 Å². The third kappa shape index (κ3) is 4.11. The average molecular weight is 321 g/mol. The summed E-state index contributed by atoms with van der Waals surface area (Å²) in [5, 5.41) is 0. The first-order valence-electron chi connectivity index (χ1n) is 6.23. The van der Waals surface area contributed by atoms with Crippen LogP contribution in [-0.2, 0) is 14.8 Å². The smallest absolute Gasteiger partial charge is 0.246 e. The van der Waals surface area contributed by atoms with Gasteiger partial charge in [-0.3, -0.25) is 4.79 Å². The number of nitrogens with zero attached hydrogens (tertiary/aromatic N) is 1. The summed E-state index contributed by atoms with van der Waals surface area (Å²) in [6.45, 7) is 1.17. The van der Waals surface area contributed by atoms with Crippen molar-refractivity contribution in [2.24, 2.45) is 5.73 Å². The fourth-order valence-corrected chi connectivity index (χ4v) is 3.26. The Kier molecular flexibility index (Phi) is 5.62. The van der Waals surface area contributed by atoms with Crippen molar-refractivity contribution in [2.75, 3.05) is 18.8 Å². The Morgan fingerprint density at radius 1 is 1.33 bits per heavy atom. The molecule has 0 saturated carbocycles. The molecule has 0 aromatic heterocycles. The van der Waals surface area contributed by atoms with Gasteiger partial charge in [0, 0.05) is 12.2 Å². The first-order chi connectivity index (χ1) is 9.70. The Balaban J connectivity index is 3.31. The van der Waals surface area contributed by atoms with Crippen LogP contribution in [-0.4, -0.2) is 31.7 Å². The molecule has 1 aromatic rings. The van der Waals surface area contributed by atoms with Gasteiger partial charge in [0.1, 0.15) is 4.90 Å². The molecule has 9 heteroatoms. The van der Waals surface area contributed by atoms with Gasteiger partial charge in [-0.05, 0) is 18.6 Å². The van der Waals surface area contributed by atoms with Crippen LogP contribution in [0.25, 0.3) is 0 Å². The minimum absolute atomic E-state index is 0.0301. The Morgan fingerprint density at radius 3 is 2.48 bits per heavy atom. The zero-order chi connectivity index (χ0) is 16.2. The number of sulfonamides is 1. The number of primary amides is 1. The zero-order valence-corrected chi connectivity index (χ0v) is 12.3. The largest absolute Gasteiger partial charge is 0.399 e. The van der Waals surface area contributed by atoms with Gasteiger partial charge in [-0.15, -0.1) is 0 Å². The first-order valence-corrected chi connectivity index (χ1v) is 7.67. The van der Waals surface area contributed by atoms with Gasteiger partial charge in [0.2, 0.25) is 15.9 Å². The molecule has 0 aliphatic heterocycles. The first kappa shape index (κ1) is 17.3. The lowest BCUT2D eigenvalue weighted by Crippen LogP contribution is -2.39. The maximum atomic E-state index is 13.7. The van der Waals surface area contributed by atoms with Crippen LogP contribution in [0.2, 0.25) is 0 Å². The fraction of sp³-hybridized carbons (Fsp3) is 0.417. The topological polar surface area (TPSA) is 106 Å². The van der Waals surface area contributed by atoms with Crippen LogP contribution in [0.3, 0.4) is 0 Å². The van der Waals surface area contributed by atoms with Crippen LogP contribution in [0.1, 0.15) is 19.8 Å². The second-order valence-electron chi connectivity index (χ2n) is 4.47. The van der Waals surface area contributed by atoms with Crippen LogP contribution in [0.4, 0.5) is 14.5 Å². The molecule has 21 heavy (non-hydrogen) atoms. The van der Waals surface area contributed by atoms with Crippen LogP contribution in [0, 0.1) is 11.6 Å². The number of nitrogen functional groups attached to an aromatic ring is 1. The highest BCUT2D eigenvalue weighted by atomic mass is 32.2. The summed E-state index contributed by atoms with van der Waals surface area (Å²) in [5.41, 5.74) is 10.1. The molecular formula is C12H17F2N3O3S. The molecule has 1 aromatic carbocycles. The Morgan fingerprint density at radius 2 is 1.95 bits per heavy atom. The minimum Gasteiger partial charge on any atom is -0.399 e. The van der Waals surface area contributed by atoms with Gasteiger partial charge in [0.15, 0.2) is 11.6 Å². The van der Waals surface area contributed by atoms with E-state index in [2.05, 4.69) is 0 Å². The predicted molar refractivity (Wildman–Crippen MR) is 73.6 cm³/mol. The standard InChI is InChI=1S/C12H17F2N3O3S/c1-2-3-4-17(7-11(16)18)21(19,20)10-6-8(15)5-9(13)12(10)14/h5-6H,2-4,7,15H2,1H3,(H2,16,18). The molecule has 0 spiro atoms. The van der Waals surface area contributed by atoms with Gasteiger partial charge in [0.25, 0.3) is 0 Å². The average Bonchev–Trinajstić information content (AvgIpc) is 2.38. The summed E-state index contributed by atoms with van der Waals surface area (Å²) in [6, 6.07) is 1.49. The van der Waals surface area contributed by atoms with E-state index in [4.69, 9.17) is 11.5 Å². The molecule has 0 heterocycles. The minimum atomic E-state index is -4.41. The van der Waals surface area contributed by atoms with Gasteiger partial charge in [-0.25, -0.2) is 17.2 Å². The van der Waals surface area contributed by atoms with Crippen molar-refractivity contribution in [3.8, 4) is 0 Å². The van der Waals surface area contributed by atoms with E-state index >= 15 is 0 Å². The number of halogens is 2. The second-order valence-corrected chi connectivity index (χ2v) is 6.38. The fourth-order valence-electron chi connectivity index (χ4n) is 1.70. The number of benzene rings is 1. The van der Waals surface area contributed by atoms with Crippen LogP contribution in [0.5, 0.6) is 0 Å². The molecule has 0 fully saturated rings. The van der Waals surface area contributed by atoms with Crippen LogP contribution < -0.4 is 11.5 Å². The van der Waals surface area contributed by atoms with Crippen molar-refractivity contribution in [1.29, 1.82) is 0 Å². The molecule has 4 N–H and O–H groups in total. The van der Waals surface area contributed by atoms with Crippen LogP contribution in [0.15, 0.2) is 17.0 Å². The number of rotatable bonds is 7. The number of nitrogens with two attached hydrogens (primary N) is 2. The lowest BCUT2D eigenvalue weighted by atomic mass is 10.3. The van der Waals surface area contributed by atoms with Crippen molar-refractivity contribution in [3.63, 3.8) is 0 Å². The molecule has 0 radical (unpaired) electrons. The molecule has 0 aliphatic carbocycles. The van der Waals surface area contributed by atoms with Gasteiger partial charge in [-0.1, -0.05) is 13.3 Å². The highest BCUT2D eigenvalue weighted by Gasteiger charge is 2.30. The molecule has 1 amide bonds. The highest BCUT2D eigenvalue weighted by molar-refractivity contribution is 7.89. The molecule has 0 atom stereocenters. The predicted octanol–water partition coefficient (Wildman–Crippen LogP) is 0.823. The number of amides is 1. The van der Waals surface area contributed by atoms with Crippen molar-refractivity contribution in [3.05, 3.63) is 23.8 Å². The summed E-state index contributed by atoms with van der Waals surface area (Å²) < 4.78 is 52.5. The maximum absolute atomic E-state index is 13.7. The quantitative estimate of drug-likeness (QED) is 0.725. The third-order valence-electron chi connectivity index (χ3n) is 2.73. The Labute approximate surface area is 121 Å². The molecule has 0 aliphatic rings. The van der Waals surface area contributed by atoms with Gasteiger partial charge < -0.3 is 11.5 Å². The Hall–Kier alpha value is -1.74. The zero-order valence-electron chi connectivity index (χ0n) is 11.5. The number of unbranched alkanes of at least 4 members (excludes halogenated alkanes) is 1. The van der Waals surface area contributed by atoms with Crippen molar-refractivity contribution >= 4 is 21.6 Å². The number of carbonyl (C=O) groups excluding carboxylic acids is 1. The summed E-state index contributed by atoms with van der Waals surface area (Å²) in [6.07, 6.45) is 1.09. The second kappa shape index (κ2) is 6.81.